The van der Waals surface area contributed by atoms with Crippen LogP contribution in [0.3, 0.4) is 0 Å². The molecule has 2 aromatic carbocycles. The lowest BCUT2D eigenvalue weighted by molar-refractivity contribution is 0.315. The van der Waals surface area contributed by atoms with Crippen LogP contribution in [0, 0.1) is 5.92 Å². The van der Waals surface area contributed by atoms with Crippen molar-refractivity contribution in [2.45, 2.75) is 77.8 Å². The largest absolute Gasteiger partial charge is 0.328 e. The van der Waals surface area contributed by atoms with Crippen molar-refractivity contribution in [3.63, 3.8) is 0 Å². The van der Waals surface area contributed by atoms with E-state index in [1.165, 1.54) is 44.9 Å². The Morgan fingerprint density at radius 2 is 1.78 bits per heavy atom. The number of hydrogen-bond acceptors (Lipinski definition) is 4. The van der Waals surface area contributed by atoms with E-state index in [-0.39, 0.29) is 5.69 Å². The molecule has 0 saturated heterocycles. The fourth-order valence-corrected chi connectivity index (χ4v) is 5.45. The minimum Gasteiger partial charge on any atom is -0.299 e. The first-order chi connectivity index (χ1) is 17.7. The summed E-state index contributed by atoms with van der Waals surface area (Å²) in [6.07, 6.45) is 14.6. The maximum atomic E-state index is 13.5. The van der Waals surface area contributed by atoms with Crippen LogP contribution >= 0.6 is 0 Å². The number of para-hydroxylation sites is 1. The first-order valence-electron chi connectivity index (χ1n) is 13.4. The Labute approximate surface area is 212 Å². The number of tetrazole rings is 1. The Bertz CT molecular complexity index is 1300. The maximum absolute atomic E-state index is 13.5. The summed E-state index contributed by atoms with van der Waals surface area (Å²) in [4.78, 5) is 13.5. The second-order valence-electron chi connectivity index (χ2n) is 10.1. The van der Waals surface area contributed by atoms with E-state index in [1.54, 1.807) is 11.0 Å². The van der Waals surface area contributed by atoms with Crippen LogP contribution in [-0.2, 0) is 19.5 Å². The van der Waals surface area contributed by atoms with Gasteiger partial charge in [-0.1, -0.05) is 81.5 Å². The highest BCUT2D eigenvalue weighted by Crippen LogP contribution is 2.27. The lowest BCUT2D eigenvalue weighted by atomic mass is 9.89. The Hall–Kier alpha value is -3.48. The van der Waals surface area contributed by atoms with E-state index in [1.807, 2.05) is 27.3 Å². The van der Waals surface area contributed by atoms with E-state index >= 15 is 0 Å². The normalized spacial score (nSPS) is 14.4. The van der Waals surface area contributed by atoms with E-state index < -0.39 is 0 Å². The maximum Gasteiger partial charge on any atom is 0.328 e. The van der Waals surface area contributed by atoms with Crippen LogP contribution in [0.25, 0.3) is 16.8 Å². The van der Waals surface area contributed by atoms with Crippen LogP contribution in [0.2, 0.25) is 0 Å². The molecule has 5 rings (SSSR count). The molecule has 0 bridgehead atoms. The summed E-state index contributed by atoms with van der Waals surface area (Å²) in [7, 11) is 0. The van der Waals surface area contributed by atoms with Gasteiger partial charge < -0.3 is 0 Å². The molecule has 1 saturated carbocycles. The zero-order valence-electron chi connectivity index (χ0n) is 21.2. The first kappa shape index (κ1) is 24.2. The topological polar surface area (TPSA) is 70.5 Å². The quantitative estimate of drug-likeness (QED) is 0.273. The van der Waals surface area contributed by atoms with Crippen LogP contribution in [0.15, 0.2) is 65.8 Å². The molecule has 7 heteroatoms. The molecular weight excluding hydrogens is 448 g/mol. The summed E-state index contributed by atoms with van der Waals surface area (Å²) in [5, 5.41) is 11.6. The van der Waals surface area contributed by atoms with E-state index in [0.29, 0.717) is 12.5 Å². The van der Waals surface area contributed by atoms with Crippen molar-refractivity contribution in [3.05, 3.63) is 82.8 Å². The fourth-order valence-electron chi connectivity index (χ4n) is 5.45. The van der Waals surface area contributed by atoms with Crippen LogP contribution in [0.5, 0.6) is 0 Å². The van der Waals surface area contributed by atoms with Gasteiger partial charge in [0.25, 0.3) is 0 Å². The summed E-state index contributed by atoms with van der Waals surface area (Å²) in [6, 6.07) is 16.6. The molecule has 1 fully saturated rings. The predicted molar refractivity (Wildman–Crippen MR) is 142 cm³/mol. The molecule has 0 N–H and O–H groups in total. The zero-order valence-corrected chi connectivity index (χ0v) is 21.2. The van der Waals surface area contributed by atoms with Crippen molar-refractivity contribution in [1.29, 1.82) is 0 Å². The van der Waals surface area contributed by atoms with Gasteiger partial charge in [0.05, 0.1) is 12.2 Å². The smallest absolute Gasteiger partial charge is 0.299 e. The third-order valence-electron chi connectivity index (χ3n) is 7.45. The highest BCUT2D eigenvalue weighted by Gasteiger charge is 2.18. The first-order valence-corrected chi connectivity index (χ1v) is 13.4. The average Bonchev–Trinajstić information content (AvgIpc) is 3.55. The monoisotopic (exact) mass is 484 g/mol. The standard InChI is InChI=1S/C29H36N6O/c1-2-3-5-12-26-21-33(19-23-10-6-4-7-11-23)29(36)34(26)20-24-15-17-25(18-16-24)27-13-8-9-14-28(27)35-22-30-31-32-35/h8-9,13-18,21-23H,2-7,10-12,19-20H2,1H3. The number of unbranched alkanes of at least 4 members (excludes halogenated alkanes) is 2. The summed E-state index contributed by atoms with van der Waals surface area (Å²) in [5.74, 6) is 0.635. The molecular formula is C29H36N6O. The zero-order chi connectivity index (χ0) is 24.7. The SMILES string of the molecule is CCCCCc1cn(CC2CCCCC2)c(=O)n1Cc1ccc(-c2ccccc2-n2cnnn2)cc1. The lowest BCUT2D eigenvalue weighted by Crippen LogP contribution is -2.28. The number of hydrogen-bond donors (Lipinski definition) is 0. The minimum atomic E-state index is 0.139. The molecule has 0 radical (unpaired) electrons. The van der Waals surface area contributed by atoms with Crippen molar-refractivity contribution in [2.24, 2.45) is 5.92 Å². The van der Waals surface area contributed by atoms with Crippen molar-refractivity contribution >= 4 is 0 Å². The number of imidazole rings is 1. The molecule has 2 heterocycles. The third kappa shape index (κ3) is 5.50. The third-order valence-corrected chi connectivity index (χ3v) is 7.45. The van der Waals surface area contributed by atoms with Crippen LogP contribution < -0.4 is 5.69 Å². The van der Waals surface area contributed by atoms with Gasteiger partial charge in [-0.2, -0.15) is 4.68 Å². The molecule has 0 unspecified atom stereocenters. The van der Waals surface area contributed by atoms with Gasteiger partial charge >= 0.3 is 5.69 Å². The predicted octanol–water partition coefficient (Wildman–Crippen LogP) is 5.65. The van der Waals surface area contributed by atoms with Crippen LogP contribution in [0.1, 0.15) is 69.5 Å². The molecule has 36 heavy (non-hydrogen) atoms. The Morgan fingerprint density at radius 3 is 2.53 bits per heavy atom. The van der Waals surface area contributed by atoms with Crippen molar-refractivity contribution in [2.75, 3.05) is 0 Å². The van der Waals surface area contributed by atoms with E-state index in [0.717, 1.165) is 47.5 Å². The average molecular weight is 485 g/mol. The summed E-state index contributed by atoms with van der Waals surface area (Å²) >= 11 is 0. The van der Waals surface area contributed by atoms with Gasteiger partial charge in [-0.25, -0.2) is 4.79 Å². The summed E-state index contributed by atoms with van der Waals surface area (Å²) < 4.78 is 5.68. The van der Waals surface area contributed by atoms with Crippen molar-refractivity contribution in [3.8, 4) is 16.8 Å². The number of nitrogens with zero attached hydrogens (tertiary/aromatic N) is 6. The highest BCUT2D eigenvalue weighted by atomic mass is 16.1. The van der Waals surface area contributed by atoms with Crippen molar-refractivity contribution in [1.82, 2.24) is 29.3 Å². The van der Waals surface area contributed by atoms with Crippen molar-refractivity contribution < 1.29 is 0 Å². The molecule has 0 amide bonds. The van der Waals surface area contributed by atoms with Crippen LogP contribution in [-0.4, -0.2) is 29.3 Å². The lowest BCUT2D eigenvalue weighted by Gasteiger charge is -2.21. The van der Waals surface area contributed by atoms with Gasteiger partial charge in [0.15, 0.2) is 0 Å². The second-order valence-corrected chi connectivity index (χ2v) is 10.1. The minimum absolute atomic E-state index is 0.139. The van der Waals surface area contributed by atoms with Gasteiger partial charge in [0.2, 0.25) is 0 Å². The number of aryl methyl sites for hydroxylation is 1. The molecule has 188 valence electrons. The van der Waals surface area contributed by atoms with Gasteiger partial charge in [-0.3, -0.25) is 9.13 Å². The second kappa shape index (κ2) is 11.5. The number of rotatable bonds is 10. The highest BCUT2D eigenvalue weighted by molar-refractivity contribution is 5.72. The molecule has 0 spiro atoms. The molecule has 4 aromatic rings. The molecule has 0 aliphatic heterocycles. The van der Waals surface area contributed by atoms with Crippen LogP contribution in [0.4, 0.5) is 0 Å². The molecule has 2 aromatic heterocycles. The summed E-state index contributed by atoms with van der Waals surface area (Å²) in [5.41, 5.74) is 5.53. The van der Waals surface area contributed by atoms with Gasteiger partial charge in [0.1, 0.15) is 6.33 Å². The van der Waals surface area contributed by atoms with E-state index in [2.05, 4.69) is 59.0 Å². The molecule has 7 nitrogen and oxygen atoms in total. The fraction of sp³-hybridized carbons (Fsp3) is 0.448. The Balaban J connectivity index is 1.38. The Kier molecular flexibility index (Phi) is 7.74. The molecule has 0 atom stereocenters. The van der Waals surface area contributed by atoms with Gasteiger partial charge in [-0.15, -0.1) is 5.10 Å². The number of aromatic nitrogens is 6. The molecule has 1 aliphatic rings. The van der Waals surface area contributed by atoms with Gasteiger partial charge in [-0.05, 0) is 59.2 Å². The number of benzene rings is 2. The van der Waals surface area contributed by atoms with E-state index in [9.17, 15) is 4.79 Å². The molecule has 1 aliphatic carbocycles. The summed E-state index contributed by atoms with van der Waals surface area (Å²) in [6.45, 7) is 3.69. The van der Waals surface area contributed by atoms with Gasteiger partial charge in [0, 0.05) is 24.0 Å². The Morgan fingerprint density at radius 1 is 0.972 bits per heavy atom. The van der Waals surface area contributed by atoms with E-state index in [4.69, 9.17) is 0 Å².